The minimum absolute atomic E-state index is 0.405. The van der Waals surface area contributed by atoms with Crippen molar-refractivity contribution in [3.63, 3.8) is 0 Å². The lowest BCUT2D eigenvalue weighted by Gasteiger charge is -2.65. The Balaban J connectivity index is 1.56. The first-order valence-electron chi connectivity index (χ1n) is 8.92. The van der Waals surface area contributed by atoms with Crippen LogP contribution in [0.3, 0.4) is 0 Å². The highest BCUT2D eigenvalue weighted by Crippen LogP contribution is 2.70. The molecule has 1 heteroatoms. The third-order valence-corrected chi connectivity index (χ3v) is 7.10. The van der Waals surface area contributed by atoms with Crippen LogP contribution in [0.4, 0.5) is 0 Å². The van der Waals surface area contributed by atoms with Gasteiger partial charge in [-0.15, -0.1) is 0 Å². The molecule has 5 fully saturated rings. The van der Waals surface area contributed by atoms with E-state index in [2.05, 4.69) is 13.8 Å². The van der Waals surface area contributed by atoms with Crippen molar-refractivity contribution in [3.05, 3.63) is 0 Å². The summed E-state index contributed by atoms with van der Waals surface area (Å²) in [6.45, 7) is 5.04. The number of hydrogen-bond acceptors (Lipinski definition) is 1. The highest BCUT2D eigenvalue weighted by Gasteiger charge is 2.60. The van der Waals surface area contributed by atoms with Gasteiger partial charge in [0.1, 0.15) is 5.78 Å². The summed E-state index contributed by atoms with van der Waals surface area (Å²) in [4.78, 5) is 12.7. The zero-order chi connectivity index (χ0) is 14.0. The van der Waals surface area contributed by atoms with Crippen molar-refractivity contribution >= 4 is 5.78 Å². The molecule has 2 atom stereocenters. The number of carbonyl (C=O) groups is 1. The normalized spacial score (nSPS) is 50.8. The SMILES string of the molecule is CC12CC3CC(C)(C1)CC(CC(=O)C1CCCC1)(C3)C2. The van der Waals surface area contributed by atoms with Gasteiger partial charge in [0.05, 0.1) is 0 Å². The van der Waals surface area contributed by atoms with E-state index in [1.165, 1.54) is 64.2 Å². The zero-order valence-electron chi connectivity index (χ0n) is 13.3. The number of ketones is 1. The topological polar surface area (TPSA) is 17.1 Å². The molecule has 5 aliphatic carbocycles. The quantitative estimate of drug-likeness (QED) is 0.697. The smallest absolute Gasteiger partial charge is 0.136 e. The molecule has 0 radical (unpaired) electrons. The molecule has 0 aromatic carbocycles. The van der Waals surface area contributed by atoms with Gasteiger partial charge in [-0.2, -0.15) is 0 Å². The van der Waals surface area contributed by atoms with E-state index in [9.17, 15) is 4.79 Å². The molecule has 1 nitrogen and oxygen atoms in total. The molecule has 4 bridgehead atoms. The van der Waals surface area contributed by atoms with Crippen LogP contribution in [0.1, 0.15) is 84.5 Å². The maximum atomic E-state index is 12.7. The maximum Gasteiger partial charge on any atom is 0.136 e. The average Bonchev–Trinajstić information content (AvgIpc) is 2.75. The van der Waals surface area contributed by atoms with Gasteiger partial charge >= 0.3 is 0 Å². The molecule has 5 rings (SSSR count). The van der Waals surface area contributed by atoms with Gasteiger partial charge in [0.25, 0.3) is 0 Å². The van der Waals surface area contributed by atoms with Gasteiger partial charge in [0.15, 0.2) is 0 Å². The number of rotatable bonds is 3. The van der Waals surface area contributed by atoms with E-state index in [0.29, 0.717) is 27.9 Å². The molecule has 0 N–H and O–H groups in total. The number of Topliss-reactive ketones (excluding diaryl/α,β-unsaturated/α-hetero) is 1. The summed E-state index contributed by atoms with van der Waals surface area (Å²) in [5, 5.41) is 0. The van der Waals surface area contributed by atoms with Crippen LogP contribution in [0.2, 0.25) is 0 Å². The third kappa shape index (κ3) is 2.07. The van der Waals surface area contributed by atoms with Crippen molar-refractivity contribution in [2.24, 2.45) is 28.1 Å². The van der Waals surface area contributed by atoms with Crippen LogP contribution in [0, 0.1) is 28.1 Å². The maximum absolute atomic E-state index is 12.7. The van der Waals surface area contributed by atoms with Crippen LogP contribution < -0.4 is 0 Å². The molecule has 5 saturated carbocycles. The fourth-order valence-electron chi connectivity index (χ4n) is 7.64. The second kappa shape index (κ2) is 4.11. The summed E-state index contributed by atoms with van der Waals surface area (Å²) < 4.78 is 0. The second-order valence-corrected chi connectivity index (χ2v) is 9.75. The molecule has 5 aliphatic rings. The molecule has 0 spiro atoms. The molecular formula is C19H30O. The number of hydrogen-bond donors (Lipinski definition) is 0. The first-order chi connectivity index (χ1) is 9.40. The average molecular weight is 274 g/mol. The van der Waals surface area contributed by atoms with E-state index in [0.717, 1.165) is 12.3 Å². The Morgan fingerprint density at radius 2 is 1.55 bits per heavy atom. The van der Waals surface area contributed by atoms with Crippen LogP contribution in [-0.2, 0) is 4.79 Å². The lowest BCUT2D eigenvalue weighted by molar-refractivity contribution is -0.156. The molecule has 0 amide bonds. The largest absolute Gasteiger partial charge is 0.299 e. The van der Waals surface area contributed by atoms with Gasteiger partial charge in [0.2, 0.25) is 0 Å². The van der Waals surface area contributed by atoms with E-state index >= 15 is 0 Å². The monoisotopic (exact) mass is 274 g/mol. The molecule has 0 aromatic heterocycles. The Hall–Kier alpha value is -0.330. The predicted molar refractivity (Wildman–Crippen MR) is 81.4 cm³/mol. The van der Waals surface area contributed by atoms with E-state index in [-0.39, 0.29) is 0 Å². The van der Waals surface area contributed by atoms with Gasteiger partial charge in [-0.3, -0.25) is 4.79 Å². The van der Waals surface area contributed by atoms with Crippen molar-refractivity contribution in [1.29, 1.82) is 0 Å². The van der Waals surface area contributed by atoms with Crippen molar-refractivity contribution in [2.45, 2.75) is 84.5 Å². The Morgan fingerprint density at radius 3 is 2.10 bits per heavy atom. The lowest BCUT2D eigenvalue weighted by atomic mass is 9.39. The van der Waals surface area contributed by atoms with Gasteiger partial charge in [0, 0.05) is 12.3 Å². The Morgan fingerprint density at radius 1 is 0.950 bits per heavy atom. The molecule has 0 saturated heterocycles. The minimum atomic E-state index is 0.405. The second-order valence-electron chi connectivity index (χ2n) is 9.75. The Bertz CT molecular complexity index is 413. The van der Waals surface area contributed by atoms with Crippen LogP contribution in [0.15, 0.2) is 0 Å². The van der Waals surface area contributed by atoms with Gasteiger partial charge in [-0.1, -0.05) is 26.7 Å². The zero-order valence-corrected chi connectivity index (χ0v) is 13.3. The van der Waals surface area contributed by atoms with Crippen molar-refractivity contribution in [1.82, 2.24) is 0 Å². The predicted octanol–water partition coefficient (Wildman–Crippen LogP) is 5.13. The fraction of sp³-hybridized carbons (Fsp3) is 0.947. The molecular weight excluding hydrogens is 244 g/mol. The van der Waals surface area contributed by atoms with E-state index in [4.69, 9.17) is 0 Å². The third-order valence-electron chi connectivity index (χ3n) is 7.10. The Labute approximate surface area is 123 Å². The van der Waals surface area contributed by atoms with Crippen molar-refractivity contribution in [3.8, 4) is 0 Å². The van der Waals surface area contributed by atoms with Crippen molar-refractivity contribution in [2.75, 3.05) is 0 Å². The number of carbonyl (C=O) groups excluding carboxylic acids is 1. The van der Waals surface area contributed by atoms with E-state index < -0.39 is 0 Å². The molecule has 112 valence electrons. The van der Waals surface area contributed by atoms with E-state index in [1.54, 1.807) is 0 Å². The first kappa shape index (κ1) is 13.3. The molecule has 0 aromatic rings. The molecule has 2 unspecified atom stereocenters. The summed E-state index contributed by atoms with van der Waals surface area (Å²) >= 11 is 0. The Kier molecular flexibility index (Phi) is 2.74. The summed E-state index contributed by atoms with van der Waals surface area (Å²) in [6.07, 6.45) is 14.3. The fourth-order valence-corrected chi connectivity index (χ4v) is 7.64. The van der Waals surface area contributed by atoms with Gasteiger partial charge in [-0.25, -0.2) is 0 Å². The van der Waals surface area contributed by atoms with E-state index in [1.807, 2.05) is 0 Å². The standard InChI is InChI=1S/C19H30O/c1-17-7-14-8-18(2,11-17)13-19(9-14,12-17)10-16(20)15-5-3-4-6-15/h14-15H,3-13H2,1-2H3. The molecule has 20 heavy (non-hydrogen) atoms. The summed E-state index contributed by atoms with van der Waals surface area (Å²) in [5.41, 5.74) is 1.52. The first-order valence-corrected chi connectivity index (χ1v) is 8.92. The van der Waals surface area contributed by atoms with Gasteiger partial charge < -0.3 is 0 Å². The minimum Gasteiger partial charge on any atom is -0.299 e. The highest BCUT2D eigenvalue weighted by molar-refractivity contribution is 5.82. The molecule has 0 heterocycles. The van der Waals surface area contributed by atoms with Crippen LogP contribution in [0.5, 0.6) is 0 Å². The summed E-state index contributed by atoms with van der Waals surface area (Å²) in [7, 11) is 0. The molecule has 0 aliphatic heterocycles. The van der Waals surface area contributed by atoms with Crippen molar-refractivity contribution < 1.29 is 4.79 Å². The lowest BCUT2D eigenvalue weighted by Crippen LogP contribution is -2.55. The van der Waals surface area contributed by atoms with Crippen LogP contribution in [0.25, 0.3) is 0 Å². The summed E-state index contributed by atoms with van der Waals surface area (Å²) in [5.74, 6) is 2.00. The van der Waals surface area contributed by atoms with Crippen LogP contribution >= 0.6 is 0 Å². The highest BCUT2D eigenvalue weighted by atomic mass is 16.1. The van der Waals surface area contributed by atoms with Gasteiger partial charge in [-0.05, 0) is 73.5 Å². The van der Waals surface area contributed by atoms with Crippen LogP contribution in [-0.4, -0.2) is 5.78 Å². The summed E-state index contributed by atoms with van der Waals surface area (Å²) in [6, 6.07) is 0.